The summed E-state index contributed by atoms with van der Waals surface area (Å²) in [5.41, 5.74) is 0.0969. The van der Waals surface area contributed by atoms with Gasteiger partial charge in [-0.1, -0.05) is 11.2 Å². The van der Waals surface area contributed by atoms with Crippen molar-refractivity contribution in [2.75, 3.05) is 10.0 Å². The molecule has 10 heteroatoms. The highest BCUT2D eigenvalue weighted by atomic mass is 32.2. The van der Waals surface area contributed by atoms with Crippen LogP contribution >= 0.6 is 11.3 Å². The summed E-state index contributed by atoms with van der Waals surface area (Å²) in [5, 5.41) is 6.18. The van der Waals surface area contributed by atoms with Crippen LogP contribution in [0.2, 0.25) is 0 Å². The normalized spacial score (nSPS) is 11.3. The van der Waals surface area contributed by atoms with E-state index in [2.05, 4.69) is 15.2 Å². The molecule has 7 nitrogen and oxygen atoms in total. The van der Waals surface area contributed by atoms with E-state index in [0.29, 0.717) is 10.6 Å². The summed E-state index contributed by atoms with van der Waals surface area (Å²) in [6, 6.07) is 7.92. The van der Waals surface area contributed by atoms with Gasteiger partial charge < -0.3 is 9.84 Å². The number of thiophene rings is 1. The maximum absolute atomic E-state index is 13.2. The summed E-state index contributed by atoms with van der Waals surface area (Å²) in [5.74, 6) is -0.292. The number of carbonyl (C=O) groups excluding carboxylic acids is 1. The number of nitrogens with zero attached hydrogens (tertiary/aromatic N) is 1. The first-order valence-corrected chi connectivity index (χ1v) is 9.68. The van der Waals surface area contributed by atoms with Crippen LogP contribution in [0.25, 0.3) is 0 Å². The van der Waals surface area contributed by atoms with Crippen molar-refractivity contribution >= 4 is 38.8 Å². The second kappa shape index (κ2) is 6.89. The summed E-state index contributed by atoms with van der Waals surface area (Å²) in [4.78, 5) is 12.8. The fraction of sp³-hybridized carbons (Fsp3) is 0.125. The van der Waals surface area contributed by atoms with Crippen molar-refractivity contribution in [3.05, 3.63) is 57.7 Å². The first-order valence-electron chi connectivity index (χ1n) is 7.38. The van der Waals surface area contributed by atoms with E-state index in [1.807, 2.05) is 0 Å². The Morgan fingerprint density at radius 3 is 2.65 bits per heavy atom. The van der Waals surface area contributed by atoms with Crippen LogP contribution < -0.4 is 10.0 Å². The average molecular weight is 395 g/mol. The number of aromatic nitrogens is 1. The molecule has 0 unspecified atom stereocenters. The minimum absolute atomic E-state index is 0.0479. The van der Waals surface area contributed by atoms with Crippen molar-refractivity contribution in [1.29, 1.82) is 0 Å². The smallest absolute Gasteiger partial charge is 0.267 e. The molecule has 0 radical (unpaired) electrons. The second-order valence-corrected chi connectivity index (χ2v) is 8.33. The van der Waals surface area contributed by atoms with Crippen LogP contribution in [0, 0.1) is 19.7 Å². The molecule has 3 aromatic rings. The maximum atomic E-state index is 13.2. The molecule has 136 valence electrons. The summed E-state index contributed by atoms with van der Waals surface area (Å²) >= 11 is 1.03. The maximum Gasteiger partial charge on any atom is 0.267 e. The molecule has 0 bridgehead atoms. The van der Waals surface area contributed by atoms with Crippen LogP contribution in [-0.2, 0) is 10.0 Å². The molecule has 1 amide bonds. The van der Waals surface area contributed by atoms with Crippen LogP contribution in [0.1, 0.15) is 20.3 Å². The first-order chi connectivity index (χ1) is 12.2. The molecule has 0 aliphatic carbocycles. The number of benzene rings is 1. The van der Waals surface area contributed by atoms with E-state index in [1.165, 1.54) is 24.3 Å². The zero-order valence-electron chi connectivity index (χ0n) is 13.7. The molecular formula is C16H14FN3O4S2. The Morgan fingerprint density at radius 2 is 2.00 bits per heavy atom. The SMILES string of the molecule is Cc1cc(NC(=O)c2cc(S(=O)(=O)Nc3cccc(F)c3)c(C)s2)no1. The standard InChI is InChI=1S/C16H14FN3O4S2/c1-9-6-15(19-24-9)18-16(21)13-8-14(10(2)25-13)26(22,23)20-12-5-3-4-11(17)7-12/h3-8,20H,1-2H3,(H,18,19,21). The van der Waals surface area contributed by atoms with Gasteiger partial charge in [-0.05, 0) is 38.1 Å². The number of hydrogen-bond donors (Lipinski definition) is 2. The van der Waals surface area contributed by atoms with Crippen LogP contribution in [0.3, 0.4) is 0 Å². The molecular weight excluding hydrogens is 381 g/mol. The molecule has 0 aliphatic heterocycles. The van der Waals surface area contributed by atoms with E-state index in [9.17, 15) is 17.6 Å². The van der Waals surface area contributed by atoms with Crippen molar-refractivity contribution in [3.63, 3.8) is 0 Å². The van der Waals surface area contributed by atoms with Crippen molar-refractivity contribution in [2.45, 2.75) is 18.7 Å². The highest BCUT2D eigenvalue weighted by Gasteiger charge is 2.23. The van der Waals surface area contributed by atoms with Gasteiger partial charge >= 0.3 is 0 Å². The van der Waals surface area contributed by atoms with Gasteiger partial charge in [-0.2, -0.15) is 0 Å². The second-order valence-electron chi connectivity index (χ2n) is 5.42. The Hall–Kier alpha value is -2.72. The van der Waals surface area contributed by atoms with Crippen molar-refractivity contribution < 1.29 is 22.1 Å². The molecule has 0 atom stereocenters. The van der Waals surface area contributed by atoms with Gasteiger partial charge in [0.15, 0.2) is 5.82 Å². The lowest BCUT2D eigenvalue weighted by Gasteiger charge is -2.07. The molecule has 2 heterocycles. The largest absolute Gasteiger partial charge is 0.360 e. The Morgan fingerprint density at radius 1 is 1.23 bits per heavy atom. The first kappa shape index (κ1) is 18.1. The summed E-state index contributed by atoms with van der Waals surface area (Å²) in [7, 11) is -3.96. The van der Waals surface area contributed by atoms with Crippen molar-refractivity contribution in [1.82, 2.24) is 5.16 Å². The van der Waals surface area contributed by atoms with E-state index < -0.39 is 21.7 Å². The van der Waals surface area contributed by atoms with Crippen LogP contribution in [0.5, 0.6) is 0 Å². The van der Waals surface area contributed by atoms with E-state index in [1.54, 1.807) is 19.9 Å². The molecule has 1 aromatic carbocycles. The molecule has 2 N–H and O–H groups in total. The summed E-state index contributed by atoms with van der Waals surface area (Å²) in [6.45, 7) is 3.27. The lowest BCUT2D eigenvalue weighted by molar-refractivity contribution is 0.102. The number of carbonyl (C=O) groups is 1. The number of sulfonamides is 1. The minimum Gasteiger partial charge on any atom is -0.360 e. The number of nitrogens with one attached hydrogen (secondary N) is 2. The molecule has 0 spiro atoms. The van der Waals surface area contributed by atoms with E-state index in [0.717, 1.165) is 17.4 Å². The van der Waals surface area contributed by atoms with Gasteiger partial charge in [0.1, 0.15) is 16.5 Å². The third-order valence-electron chi connectivity index (χ3n) is 3.33. The molecule has 2 aromatic heterocycles. The van der Waals surface area contributed by atoms with Crippen LogP contribution in [0.15, 0.2) is 45.8 Å². The molecule has 0 saturated carbocycles. The minimum atomic E-state index is -3.96. The number of hydrogen-bond acceptors (Lipinski definition) is 6. The Bertz CT molecular complexity index is 1070. The highest BCUT2D eigenvalue weighted by molar-refractivity contribution is 7.93. The Labute approximate surface area is 152 Å². The summed E-state index contributed by atoms with van der Waals surface area (Å²) in [6.07, 6.45) is 0. The average Bonchev–Trinajstić information content (AvgIpc) is 3.13. The fourth-order valence-corrected chi connectivity index (χ4v) is 4.75. The predicted molar refractivity (Wildman–Crippen MR) is 95.5 cm³/mol. The zero-order valence-corrected chi connectivity index (χ0v) is 15.4. The van der Waals surface area contributed by atoms with Crippen LogP contribution in [0.4, 0.5) is 15.9 Å². The third kappa shape index (κ3) is 3.92. The number of anilines is 2. The molecule has 3 rings (SSSR count). The molecule has 0 fully saturated rings. The molecule has 0 saturated heterocycles. The monoisotopic (exact) mass is 395 g/mol. The number of rotatable bonds is 5. The van der Waals surface area contributed by atoms with Gasteiger partial charge in [0.25, 0.3) is 15.9 Å². The lowest BCUT2D eigenvalue weighted by Crippen LogP contribution is -2.14. The lowest BCUT2D eigenvalue weighted by atomic mass is 10.3. The Kier molecular flexibility index (Phi) is 4.79. The van der Waals surface area contributed by atoms with Gasteiger partial charge in [0, 0.05) is 10.9 Å². The Balaban J connectivity index is 1.83. The summed E-state index contributed by atoms with van der Waals surface area (Å²) < 4.78 is 45.5. The van der Waals surface area contributed by atoms with E-state index in [4.69, 9.17) is 4.52 Å². The van der Waals surface area contributed by atoms with Gasteiger partial charge in [-0.15, -0.1) is 11.3 Å². The third-order valence-corrected chi connectivity index (χ3v) is 6.02. The molecule has 26 heavy (non-hydrogen) atoms. The van der Waals surface area contributed by atoms with Gasteiger partial charge in [-0.3, -0.25) is 9.52 Å². The number of amides is 1. The number of halogens is 1. The van der Waals surface area contributed by atoms with Gasteiger partial charge in [0.2, 0.25) is 0 Å². The van der Waals surface area contributed by atoms with Gasteiger partial charge in [-0.25, -0.2) is 12.8 Å². The van der Waals surface area contributed by atoms with E-state index in [-0.39, 0.29) is 21.3 Å². The zero-order chi connectivity index (χ0) is 18.9. The predicted octanol–water partition coefficient (Wildman–Crippen LogP) is 3.55. The highest BCUT2D eigenvalue weighted by Crippen LogP contribution is 2.28. The fourth-order valence-electron chi connectivity index (χ4n) is 2.21. The quantitative estimate of drug-likeness (QED) is 0.688. The van der Waals surface area contributed by atoms with Crippen molar-refractivity contribution in [2.24, 2.45) is 0 Å². The molecule has 0 aliphatic rings. The topological polar surface area (TPSA) is 101 Å². The van der Waals surface area contributed by atoms with Crippen molar-refractivity contribution in [3.8, 4) is 0 Å². The van der Waals surface area contributed by atoms with Gasteiger partial charge in [0.05, 0.1) is 10.6 Å². The van der Waals surface area contributed by atoms with Crippen LogP contribution in [-0.4, -0.2) is 19.5 Å². The number of aryl methyl sites for hydroxylation is 2. The van der Waals surface area contributed by atoms with E-state index >= 15 is 0 Å².